The highest BCUT2D eigenvalue weighted by molar-refractivity contribution is 7.98. The lowest BCUT2D eigenvalue weighted by molar-refractivity contribution is 0.687. The molecule has 0 radical (unpaired) electrons. The summed E-state index contributed by atoms with van der Waals surface area (Å²) in [6, 6.07) is 10.2. The summed E-state index contributed by atoms with van der Waals surface area (Å²) >= 11 is 9.52. The second kappa shape index (κ2) is 7.51. The molecule has 6 heteroatoms. The highest BCUT2D eigenvalue weighted by Gasteiger charge is 2.14. The van der Waals surface area contributed by atoms with Crippen LogP contribution in [0.2, 0.25) is 5.02 Å². The molecule has 3 nitrogen and oxygen atoms in total. The minimum atomic E-state index is 0.770. The van der Waals surface area contributed by atoms with Crippen LogP contribution < -0.4 is 0 Å². The molecular weight excluding hydrogens is 346 g/mol. The Labute approximate surface area is 149 Å². The maximum Gasteiger partial charge on any atom is 0.191 e. The Balaban J connectivity index is 1.80. The van der Waals surface area contributed by atoms with Gasteiger partial charge in [-0.3, -0.25) is 0 Å². The summed E-state index contributed by atoms with van der Waals surface area (Å²) in [4.78, 5) is 1.37. The molecule has 0 unspecified atom stereocenters. The second-order valence-corrected chi connectivity index (χ2v) is 7.50. The van der Waals surface area contributed by atoms with Gasteiger partial charge in [-0.1, -0.05) is 42.4 Å². The summed E-state index contributed by atoms with van der Waals surface area (Å²) in [6.45, 7) is 5.16. The van der Waals surface area contributed by atoms with Gasteiger partial charge in [0.05, 0.1) is 0 Å². The lowest BCUT2D eigenvalue weighted by atomic mass is 10.2. The predicted octanol–water partition coefficient (Wildman–Crippen LogP) is 5.53. The number of thioether (sulfide) groups is 1. The lowest BCUT2D eigenvalue weighted by Gasteiger charge is -2.06. The Morgan fingerprint density at radius 2 is 2.09 bits per heavy atom. The quantitative estimate of drug-likeness (QED) is 0.539. The number of halogens is 1. The molecule has 0 saturated carbocycles. The van der Waals surface area contributed by atoms with E-state index < -0.39 is 0 Å². The van der Waals surface area contributed by atoms with Crippen LogP contribution >= 0.6 is 34.7 Å². The van der Waals surface area contributed by atoms with Gasteiger partial charge in [0.2, 0.25) is 0 Å². The van der Waals surface area contributed by atoms with E-state index in [1.807, 2.05) is 18.2 Å². The van der Waals surface area contributed by atoms with Gasteiger partial charge in [-0.25, -0.2) is 0 Å². The van der Waals surface area contributed by atoms with Gasteiger partial charge in [0, 0.05) is 33.1 Å². The predicted molar refractivity (Wildman–Crippen MR) is 99.4 cm³/mol. The fourth-order valence-corrected chi connectivity index (χ4v) is 4.32. The molecule has 3 aromatic rings. The van der Waals surface area contributed by atoms with Crippen LogP contribution in [0.4, 0.5) is 0 Å². The van der Waals surface area contributed by atoms with E-state index >= 15 is 0 Å². The first-order chi connectivity index (χ1) is 11.2. The van der Waals surface area contributed by atoms with Crippen molar-refractivity contribution in [2.24, 2.45) is 0 Å². The van der Waals surface area contributed by atoms with Crippen LogP contribution in [-0.2, 0) is 18.7 Å². The first-order valence-corrected chi connectivity index (χ1v) is 9.83. The molecule has 1 aromatic carbocycles. The maximum atomic E-state index is 6.04. The normalized spacial score (nSPS) is 11.1. The van der Waals surface area contributed by atoms with Crippen LogP contribution in [-0.4, -0.2) is 14.8 Å². The fraction of sp³-hybridized carbons (Fsp3) is 0.294. The molecule has 23 heavy (non-hydrogen) atoms. The molecule has 0 aliphatic rings. The van der Waals surface area contributed by atoms with Crippen molar-refractivity contribution < 1.29 is 0 Å². The Kier molecular flexibility index (Phi) is 5.41. The summed E-state index contributed by atoms with van der Waals surface area (Å²) in [5.41, 5.74) is 2.36. The minimum Gasteiger partial charge on any atom is -0.302 e. The van der Waals surface area contributed by atoms with Crippen molar-refractivity contribution >= 4 is 34.7 Å². The van der Waals surface area contributed by atoms with Gasteiger partial charge in [0.25, 0.3) is 0 Å². The smallest absolute Gasteiger partial charge is 0.191 e. The number of nitrogens with zero attached hydrogens (tertiary/aromatic N) is 3. The third-order valence-corrected chi connectivity index (χ3v) is 5.90. The van der Waals surface area contributed by atoms with Crippen molar-refractivity contribution in [1.82, 2.24) is 14.8 Å². The summed E-state index contributed by atoms with van der Waals surface area (Å²) in [7, 11) is 0. The van der Waals surface area contributed by atoms with Crippen molar-refractivity contribution in [1.29, 1.82) is 0 Å². The fourth-order valence-electron chi connectivity index (χ4n) is 2.35. The monoisotopic (exact) mass is 363 g/mol. The average molecular weight is 364 g/mol. The Bertz CT molecular complexity index is 795. The standard InChI is InChI=1S/C17H18ClN3S2/c1-3-15-9-13(11-22-15)16-19-20-17(21(16)4-2)23-10-12-6-5-7-14(18)8-12/h5-9,11H,3-4,10H2,1-2H3. The summed E-state index contributed by atoms with van der Waals surface area (Å²) in [5.74, 6) is 1.79. The molecule has 2 heterocycles. The number of aryl methyl sites for hydroxylation is 1. The van der Waals surface area contributed by atoms with Crippen LogP contribution in [0.25, 0.3) is 11.4 Å². The molecule has 0 bridgehead atoms. The Morgan fingerprint density at radius 3 is 2.78 bits per heavy atom. The number of thiophene rings is 1. The SMILES string of the molecule is CCc1cc(-c2nnc(SCc3cccc(Cl)c3)n2CC)cs1. The largest absolute Gasteiger partial charge is 0.302 e. The van der Waals surface area contributed by atoms with Gasteiger partial charge in [-0.2, -0.15) is 0 Å². The Morgan fingerprint density at radius 1 is 1.22 bits per heavy atom. The van der Waals surface area contributed by atoms with Gasteiger partial charge >= 0.3 is 0 Å². The van der Waals surface area contributed by atoms with Crippen molar-refractivity contribution in [3.05, 3.63) is 51.2 Å². The molecule has 0 aliphatic heterocycles. The van der Waals surface area contributed by atoms with Crippen molar-refractivity contribution in [2.45, 2.75) is 37.7 Å². The number of aromatic nitrogens is 3. The van der Waals surface area contributed by atoms with Crippen molar-refractivity contribution in [3.8, 4) is 11.4 Å². The molecule has 0 amide bonds. The summed E-state index contributed by atoms with van der Waals surface area (Å²) in [6.07, 6.45) is 1.06. The van der Waals surface area contributed by atoms with E-state index in [0.717, 1.165) is 40.3 Å². The van der Waals surface area contributed by atoms with E-state index in [1.54, 1.807) is 23.1 Å². The lowest BCUT2D eigenvalue weighted by Crippen LogP contribution is -1.99. The van der Waals surface area contributed by atoms with Crippen LogP contribution in [0, 0.1) is 0 Å². The van der Waals surface area contributed by atoms with Gasteiger partial charge < -0.3 is 4.57 Å². The molecule has 3 rings (SSSR count). The molecule has 120 valence electrons. The van der Waals surface area contributed by atoms with Crippen LogP contribution in [0.15, 0.2) is 40.9 Å². The summed E-state index contributed by atoms with van der Waals surface area (Å²) < 4.78 is 2.18. The number of hydrogen-bond donors (Lipinski definition) is 0. The van der Waals surface area contributed by atoms with E-state index in [0.29, 0.717) is 0 Å². The van der Waals surface area contributed by atoms with E-state index in [-0.39, 0.29) is 0 Å². The molecule has 0 saturated heterocycles. The topological polar surface area (TPSA) is 30.7 Å². The van der Waals surface area contributed by atoms with Crippen molar-refractivity contribution in [3.63, 3.8) is 0 Å². The number of rotatable bonds is 6. The minimum absolute atomic E-state index is 0.770. The molecule has 0 spiro atoms. The van der Waals surface area contributed by atoms with Crippen molar-refractivity contribution in [2.75, 3.05) is 0 Å². The van der Waals surface area contributed by atoms with E-state index in [2.05, 4.69) is 46.1 Å². The zero-order chi connectivity index (χ0) is 16.2. The average Bonchev–Trinajstić information content (AvgIpc) is 3.18. The highest BCUT2D eigenvalue weighted by atomic mass is 35.5. The molecule has 0 atom stereocenters. The van der Waals surface area contributed by atoms with E-state index in [4.69, 9.17) is 11.6 Å². The van der Waals surface area contributed by atoms with Crippen LogP contribution in [0.1, 0.15) is 24.3 Å². The maximum absolute atomic E-state index is 6.04. The van der Waals surface area contributed by atoms with Crippen LogP contribution in [0.3, 0.4) is 0 Å². The third-order valence-electron chi connectivity index (χ3n) is 3.55. The summed E-state index contributed by atoms with van der Waals surface area (Å²) in [5, 5.41) is 12.7. The van der Waals surface area contributed by atoms with E-state index in [9.17, 15) is 0 Å². The molecule has 0 N–H and O–H groups in total. The zero-order valence-corrected chi connectivity index (χ0v) is 15.5. The highest BCUT2D eigenvalue weighted by Crippen LogP contribution is 2.29. The molecule has 0 aliphatic carbocycles. The third kappa shape index (κ3) is 3.79. The van der Waals surface area contributed by atoms with Gasteiger partial charge in [0.15, 0.2) is 11.0 Å². The molecular formula is C17H18ClN3S2. The molecule has 2 aromatic heterocycles. The first kappa shape index (κ1) is 16.6. The zero-order valence-electron chi connectivity index (χ0n) is 13.1. The van der Waals surface area contributed by atoms with Gasteiger partial charge in [-0.05, 0) is 37.1 Å². The Hall–Kier alpha value is -1.30. The van der Waals surface area contributed by atoms with Gasteiger partial charge in [-0.15, -0.1) is 21.5 Å². The van der Waals surface area contributed by atoms with E-state index in [1.165, 1.54) is 10.4 Å². The van der Waals surface area contributed by atoms with Crippen LogP contribution in [0.5, 0.6) is 0 Å². The first-order valence-electron chi connectivity index (χ1n) is 7.59. The molecule has 0 fully saturated rings. The second-order valence-electron chi connectivity index (χ2n) is 5.12. The number of hydrogen-bond acceptors (Lipinski definition) is 4. The number of benzene rings is 1. The van der Waals surface area contributed by atoms with Gasteiger partial charge in [0.1, 0.15) is 0 Å².